The van der Waals surface area contributed by atoms with Crippen molar-refractivity contribution in [1.29, 1.82) is 5.26 Å². The summed E-state index contributed by atoms with van der Waals surface area (Å²) >= 11 is 0. The first kappa shape index (κ1) is 18.9. The van der Waals surface area contributed by atoms with Crippen LogP contribution in [0.3, 0.4) is 0 Å². The first-order valence-corrected chi connectivity index (χ1v) is 10.7. The molecule has 1 saturated carbocycles. The minimum Gasteiger partial charge on any atom is -0.473 e. The molecule has 5 rings (SSSR count). The lowest BCUT2D eigenvalue weighted by atomic mass is 9.81. The molecule has 1 aliphatic heterocycles. The standard InChI is InChI=1S/C23H26N6O/c1-15-8-16(12-24)10-18(9-15)27-21-11-22(30-19-6-3-7-25-13-19)28-23-20(14-26-29(21)23)17-4-2-5-17/h8-11,14,17,19,25,27H,2-7,13H2,1H3/t19-/m0/s1. The summed E-state index contributed by atoms with van der Waals surface area (Å²) in [7, 11) is 0. The maximum Gasteiger partial charge on any atom is 0.219 e. The van der Waals surface area contributed by atoms with Crippen molar-refractivity contribution in [3.8, 4) is 11.9 Å². The van der Waals surface area contributed by atoms with Gasteiger partial charge in [0, 0.05) is 23.9 Å². The third-order valence-corrected chi connectivity index (χ3v) is 6.04. The summed E-state index contributed by atoms with van der Waals surface area (Å²) in [6.45, 7) is 3.87. The largest absolute Gasteiger partial charge is 0.473 e. The lowest BCUT2D eigenvalue weighted by molar-refractivity contribution is 0.161. The molecule has 2 fully saturated rings. The number of nitriles is 1. The van der Waals surface area contributed by atoms with E-state index in [0.29, 0.717) is 17.4 Å². The Hall–Kier alpha value is -3.11. The van der Waals surface area contributed by atoms with Crippen LogP contribution in [0.2, 0.25) is 0 Å². The van der Waals surface area contributed by atoms with Crippen LogP contribution in [-0.4, -0.2) is 33.8 Å². The Balaban J connectivity index is 1.54. The molecular weight excluding hydrogens is 376 g/mol. The van der Waals surface area contributed by atoms with Crippen molar-refractivity contribution < 1.29 is 4.74 Å². The maximum absolute atomic E-state index is 9.32. The van der Waals surface area contributed by atoms with E-state index in [9.17, 15) is 5.26 Å². The van der Waals surface area contributed by atoms with Crippen LogP contribution in [0.15, 0.2) is 30.5 Å². The third kappa shape index (κ3) is 3.71. The van der Waals surface area contributed by atoms with E-state index < -0.39 is 0 Å². The molecular formula is C23H26N6O. The zero-order valence-electron chi connectivity index (χ0n) is 17.2. The van der Waals surface area contributed by atoms with Crippen LogP contribution in [0.4, 0.5) is 11.5 Å². The first-order valence-electron chi connectivity index (χ1n) is 10.7. The molecule has 7 nitrogen and oxygen atoms in total. The quantitative estimate of drug-likeness (QED) is 0.669. The highest BCUT2D eigenvalue weighted by molar-refractivity contribution is 5.65. The van der Waals surface area contributed by atoms with E-state index in [2.05, 4.69) is 21.8 Å². The van der Waals surface area contributed by atoms with Crippen molar-refractivity contribution in [3.63, 3.8) is 0 Å². The van der Waals surface area contributed by atoms with Crippen LogP contribution in [0.5, 0.6) is 5.88 Å². The zero-order valence-corrected chi connectivity index (χ0v) is 17.2. The van der Waals surface area contributed by atoms with Crippen molar-refractivity contribution in [2.24, 2.45) is 0 Å². The number of fused-ring (bicyclic) bond motifs is 1. The highest BCUT2D eigenvalue weighted by Crippen LogP contribution is 2.39. The third-order valence-electron chi connectivity index (χ3n) is 6.04. The summed E-state index contributed by atoms with van der Waals surface area (Å²) < 4.78 is 8.11. The Labute approximate surface area is 176 Å². The number of aryl methyl sites for hydroxylation is 1. The molecule has 7 heteroatoms. The topological polar surface area (TPSA) is 87.3 Å². The molecule has 2 N–H and O–H groups in total. The fourth-order valence-electron chi connectivity index (χ4n) is 4.27. The van der Waals surface area contributed by atoms with E-state index >= 15 is 0 Å². The number of anilines is 2. The van der Waals surface area contributed by atoms with Crippen molar-refractivity contribution >= 4 is 17.2 Å². The van der Waals surface area contributed by atoms with Crippen molar-refractivity contribution in [1.82, 2.24) is 19.9 Å². The van der Waals surface area contributed by atoms with Gasteiger partial charge in [-0.3, -0.25) is 0 Å². The number of aromatic nitrogens is 3. The number of nitrogens with one attached hydrogen (secondary N) is 2. The van der Waals surface area contributed by atoms with Crippen LogP contribution < -0.4 is 15.4 Å². The monoisotopic (exact) mass is 402 g/mol. The van der Waals surface area contributed by atoms with Gasteiger partial charge in [0.2, 0.25) is 5.88 Å². The molecule has 30 heavy (non-hydrogen) atoms. The molecule has 0 radical (unpaired) electrons. The second kappa shape index (κ2) is 7.96. The van der Waals surface area contributed by atoms with Crippen LogP contribution in [-0.2, 0) is 0 Å². The average Bonchev–Trinajstić information content (AvgIpc) is 3.11. The molecule has 1 aromatic carbocycles. The van der Waals surface area contributed by atoms with E-state index in [-0.39, 0.29) is 6.10 Å². The molecule has 0 unspecified atom stereocenters. The van der Waals surface area contributed by atoms with Gasteiger partial charge in [-0.15, -0.1) is 0 Å². The Morgan fingerprint density at radius 1 is 1.20 bits per heavy atom. The first-order chi connectivity index (χ1) is 14.7. The van der Waals surface area contributed by atoms with Crippen LogP contribution in [0, 0.1) is 18.3 Å². The zero-order chi connectivity index (χ0) is 20.5. The minimum atomic E-state index is 0.126. The fraction of sp³-hybridized carbons (Fsp3) is 0.435. The van der Waals surface area contributed by atoms with E-state index in [1.165, 1.54) is 24.8 Å². The summed E-state index contributed by atoms with van der Waals surface area (Å²) in [5, 5.41) is 20.8. The summed E-state index contributed by atoms with van der Waals surface area (Å²) in [6, 6.07) is 9.88. The average molecular weight is 403 g/mol. The predicted molar refractivity (Wildman–Crippen MR) is 115 cm³/mol. The summed E-state index contributed by atoms with van der Waals surface area (Å²) in [6.07, 6.45) is 7.84. The Morgan fingerprint density at radius 3 is 2.83 bits per heavy atom. The maximum atomic E-state index is 9.32. The lowest BCUT2D eigenvalue weighted by Crippen LogP contribution is -2.37. The van der Waals surface area contributed by atoms with E-state index in [1.807, 2.05) is 41.9 Å². The van der Waals surface area contributed by atoms with Crippen molar-refractivity contribution in [2.45, 2.75) is 51.0 Å². The minimum absolute atomic E-state index is 0.126. The molecule has 0 bridgehead atoms. The molecule has 1 saturated heterocycles. The molecule has 2 aromatic heterocycles. The highest BCUT2D eigenvalue weighted by Gasteiger charge is 2.25. The highest BCUT2D eigenvalue weighted by atomic mass is 16.5. The molecule has 2 aliphatic rings. The van der Waals surface area contributed by atoms with Crippen molar-refractivity contribution in [3.05, 3.63) is 47.2 Å². The normalized spacial score (nSPS) is 19.3. The second-order valence-electron chi connectivity index (χ2n) is 8.35. The number of nitrogens with zero attached hydrogens (tertiary/aromatic N) is 4. The number of ether oxygens (including phenoxy) is 1. The van der Waals surface area contributed by atoms with Gasteiger partial charge in [-0.25, -0.2) is 0 Å². The van der Waals surface area contributed by atoms with Crippen LogP contribution in [0.25, 0.3) is 5.65 Å². The van der Waals surface area contributed by atoms with E-state index in [1.54, 1.807) is 0 Å². The molecule has 3 aromatic rings. The Kier molecular flexibility index (Phi) is 5.01. The van der Waals surface area contributed by atoms with Gasteiger partial charge in [0.25, 0.3) is 0 Å². The molecule has 0 spiro atoms. The number of hydrogen-bond donors (Lipinski definition) is 2. The van der Waals surface area contributed by atoms with Crippen LogP contribution >= 0.6 is 0 Å². The van der Waals surface area contributed by atoms with Gasteiger partial charge >= 0.3 is 0 Å². The number of hydrogen-bond acceptors (Lipinski definition) is 6. The summed E-state index contributed by atoms with van der Waals surface area (Å²) in [5.74, 6) is 1.94. The number of benzene rings is 1. The molecule has 154 valence electrons. The molecule has 1 atom stereocenters. The Morgan fingerprint density at radius 2 is 2.10 bits per heavy atom. The van der Waals surface area contributed by atoms with Gasteiger partial charge < -0.3 is 15.4 Å². The lowest BCUT2D eigenvalue weighted by Gasteiger charge is -2.25. The van der Waals surface area contributed by atoms with Gasteiger partial charge in [-0.05, 0) is 68.8 Å². The fourth-order valence-corrected chi connectivity index (χ4v) is 4.27. The molecule has 0 amide bonds. The number of piperidine rings is 1. The summed E-state index contributed by atoms with van der Waals surface area (Å²) in [5.41, 5.74) is 4.56. The van der Waals surface area contributed by atoms with E-state index in [4.69, 9.17) is 9.72 Å². The van der Waals surface area contributed by atoms with Gasteiger partial charge in [0.05, 0.1) is 17.8 Å². The van der Waals surface area contributed by atoms with E-state index in [0.717, 1.165) is 48.6 Å². The van der Waals surface area contributed by atoms with Gasteiger partial charge in [-0.1, -0.05) is 6.42 Å². The second-order valence-corrected chi connectivity index (χ2v) is 8.35. The van der Waals surface area contributed by atoms with Crippen LogP contribution in [0.1, 0.15) is 54.7 Å². The SMILES string of the molecule is Cc1cc(C#N)cc(Nc2cc(O[C@H]3CCCNC3)nc3c(C4CCC4)cnn23)c1. The summed E-state index contributed by atoms with van der Waals surface area (Å²) in [4.78, 5) is 4.84. The molecule has 1 aliphatic carbocycles. The number of rotatable bonds is 5. The molecule has 3 heterocycles. The van der Waals surface area contributed by atoms with Gasteiger partial charge in [0.15, 0.2) is 5.65 Å². The smallest absolute Gasteiger partial charge is 0.219 e. The Bertz CT molecular complexity index is 1100. The predicted octanol–water partition coefficient (Wildman–Crippen LogP) is 4.05. The van der Waals surface area contributed by atoms with Crippen molar-refractivity contribution in [2.75, 3.05) is 18.4 Å². The van der Waals surface area contributed by atoms with Gasteiger partial charge in [-0.2, -0.15) is 19.9 Å². The van der Waals surface area contributed by atoms with Gasteiger partial charge in [0.1, 0.15) is 11.9 Å².